The molecule has 0 aliphatic rings. The first-order valence-corrected chi connectivity index (χ1v) is 26.6. The number of carbonyl (C=O) groups excluding carboxylic acids is 2. The van der Waals surface area contributed by atoms with Crippen LogP contribution in [0.4, 0.5) is 0 Å². The number of allylic oxidation sites excluding steroid dienone is 10. The van der Waals surface area contributed by atoms with Crippen molar-refractivity contribution in [1.29, 1.82) is 0 Å². The van der Waals surface area contributed by atoms with Gasteiger partial charge in [-0.3, -0.25) is 9.59 Å². The van der Waals surface area contributed by atoms with E-state index in [4.69, 9.17) is 4.74 Å². The van der Waals surface area contributed by atoms with Gasteiger partial charge in [0.2, 0.25) is 5.91 Å². The lowest BCUT2D eigenvalue weighted by Crippen LogP contribution is -2.46. The Morgan fingerprint density at radius 3 is 1.39 bits per heavy atom. The molecule has 0 saturated heterocycles. The third-order valence-electron chi connectivity index (χ3n) is 11.9. The van der Waals surface area contributed by atoms with E-state index >= 15 is 0 Å². The van der Waals surface area contributed by atoms with Gasteiger partial charge in [-0.05, 0) is 70.6 Å². The molecule has 0 saturated carbocycles. The molecule has 0 aromatic carbocycles. The standard InChI is InChI=1S/C56H101NO5/c1-4-7-10-13-16-19-22-25-27-28-30-33-36-39-42-45-48-54(59)53(51-58)57-55(60)50-52(47-44-41-38-35-32-29-24-21-18-15-12-9-6-3)62-56(61)49-46-43-40-37-34-31-26-23-20-17-14-11-8-5-2/h9,12,15,18,21,24,29,31-32,34,52-54,58-59H,4-8,10-11,13-14,16-17,19-20,22-23,25-28,30,33,35-51H2,1-3H3,(H,57,60)/b12-9+,18-15+,24-21+,32-29-,34-31-. The van der Waals surface area contributed by atoms with Gasteiger partial charge in [0.05, 0.1) is 25.2 Å². The highest BCUT2D eigenvalue weighted by molar-refractivity contribution is 5.77. The number of hydrogen-bond acceptors (Lipinski definition) is 5. The highest BCUT2D eigenvalue weighted by Crippen LogP contribution is 2.18. The number of rotatable bonds is 47. The first-order chi connectivity index (χ1) is 30.5. The molecule has 0 aliphatic heterocycles. The lowest BCUT2D eigenvalue weighted by Gasteiger charge is -2.24. The third-order valence-corrected chi connectivity index (χ3v) is 11.9. The number of aliphatic hydroxyl groups excluding tert-OH is 2. The smallest absolute Gasteiger partial charge is 0.306 e. The molecule has 0 rings (SSSR count). The Kier molecular flexibility index (Phi) is 47.6. The molecule has 6 heteroatoms. The minimum atomic E-state index is -0.802. The van der Waals surface area contributed by atoms with Crippen molar-refractivity contribution in [2.45, 2.75) is 277 Å². The molecule has 6 nitrogen and oxygen atoms in total. The second-order valence-corrected chi connectivity index (χ2v) is 18.0. The molecule has 0 aromatic heterocycles. The van der Waals surface area contributed by atoms with Crippen LogP contribution in [-0.4, -0.2) is 46.9 Å². The lowest BCUT2D eigenvalue weighted by atomic mass is 10.0. The molecular formula is C56H101NO5. The van der Waals surface area contributed by atoms with Crippen molar-refractivity contribution in [2.24, 2.45) is 0 Å². The molecule has 360 valence electrons. The van der Waals surface area contributed by atoms with E-state index in [1.807, 2.05) is 24.3 Å². The van der Waals surface area contributed by atoms with E-state index in [0.717, 1.165) is 83.5 Å². The zero-order chi connectivity index (χ0) is 45.2. The van der Waals surface area contributed by atoms with E-state index in [0.29, 0.717) is 19.3 Å². The summed E-state index contributed by atoms with van der Waals surface area (Å²) >= 11 is 0. The van der Waals surface area contributed by atoms with Crippen molar-refractivity contribution < 1.29 is 24.5 Å². The summed E-state index contributed by atoms with van der Waals surface area (Å²) in [5, 5.41) is 23.8. The largest absolute Gasteiger partial charge is 0.462 e. The summed E-state index contributed by atoms with van der Waals surface area (Å²) in [5.41, 5.74) is 0. The van der Waals surface area contributed by atoms with Gasteiger partial charge < -0.3 is 20.3 Å². The lowest BCUT2D eigenvalue weighted by molar-refractivity contribution is -0.151. The van der Waals surface area contributed by atoms with Crippen LogP contribution in [0.3, 0.4) is 0 Å². The highest BCUT2D eigenvalue weighted by atomic mass is 16.5. The van der Waals surface area contributed by atoms with Crippen LogP contribution in [0.15, 0.2) is 60.8 Å². The number of hydrogen-bond donors (Lipinski definition) is 3. The van der Waals surface area contributed by atoms with Gasteiger partial charge in [0.15, 0.2) is 0 Å². The van der Waals surface area contributed by atoms with Crippen molar-refractivity contribution in [3.8, 4) is 0 Å². The Balaban J connectivity index is 4.60. The van der Waals surface area contributed by atoms with Gasteiger partial charge in [-0.15, -0.1) is 0 Å². The average Bonchev–Trinajstić information content (AvgIpc) is 3.26. The molecule has 0 aromatic rings. The Morgan fingerprint density at radius 2 is 0.887 bits per heavy atom. The summed E-state index contributed by atoms with van der Waals surface area (Å²) in [6, 6.07) is -0.719. The fraction of sp³-hybridized carbons (Fsp3) is 0.786. The fourth-order valence-electron chi connectivity index (χ4n) is 7.91. The molecule has 0 aliphatic carbocycles. The molecule has 0 bridgehead atoms. The van der Waals surface area contributed by atoms with Gasteiger partial charge in [0.1, 0.15) is 6.10 Å². The minimum absolute atomic E-state index is 0.0448. The first-order valence-electron chi connectivity index (χ1n) is 26.6. The molecule has 3 unspecified atom stereocenters. The topological polar surface area (TPSA) is 95.9 Å². The molecule has 62 heavy (non-hydrogen) atoms. The summed E-state index contributed by atoms with van der Waals surface area (Å²) in [6.45, 7) is 6.34. The number of carbonyl (C=O) groups is 2. The second-order valence-electron chi connectivity index (χ2n) is 18.0. The van der Waals surface area contributed by atoms with Crippen molar-refractivity contribution in [3.63, 3.8) is 0 Å². The average molecular weight is 868 g/mol. The van der Waals surface area contributed by atoms with Gasteiger partial charge >= 0.3 is 5.97 Å². The summed E-state index contributed by atoms with van der Waals surface area (Å²) in [6.07, 6.45) is 61.4. The number of unbranched alkanes of at least 4 members (excludes halogenated alkanes) is 28. The number of ether oxygens (including phenoxy) is 1. The predicted molar refractivity (Wildman–Crippen MR) is 268 cm³/mol. The summed E-state index contributed by atoms with van der Waals surface area (Å²) in [7, 11) is 0. The number of nitrogens with one attached hydrogen (secondary N) is 1. The maximum atomic E-state index is 13.2. The van der Waals surface area contributed by atoms with E-state index in [-0.39, 0.29) is 24.9 Å². The fourth-order valence-corrected chi connectivity index (χ4v) is 7.91. The third kappa shape index (κ3) is 44.2. The maximum absolute atomic E-state index is 13.2. The van der Waals surface area contributed by atoms with E-state index in [9.17, 15) is 19.8 Å². The van der Waals surface area contributed by atoms with Crippen LogP contribution in [0, 0.1) is 0 Å². The molecule has 0 fully saturated rings. The van der Waals surface area contributed by atoms with E-state index < -0.39 is 18.2 Å². The van der Waals surface area contributed by atoms with Crippen LogP contribution >= 0.6 is 0 Å². The van der Waals surface area contributed by atoms with Gasteiger partial charge in [-0.1, -0.05) is 236 Å². The van der Waals surface area contributed by atoms with Gasteiger partial charge in [-0.25, -0.2) is 0 Å². The zero-order valence-corrected chi connectivity index (χ0v) is 41.0. The highest BCUT2D eigenvalue weighted by Gasteiger charge is 2.24. The van der Waals surface area contributed by atoms with Crippen molar-refractivity contribution in [2.75, 3.05) is 6.61 Å². The van der Waals surface area contributed by atoms with Crippen LogP contribution in [0.5, 0.6) is 0 Å². The Hall–Kier alpha value is -2.44. The number of amides is 1. The van der Waals surface area contributed by atoms with Gasteiger partial charge in [0.25, 0.3) is 0 Å². The monoisotopic (exact) mass is 868 g/mol. The number of aliphatic hydroxyl groups is 2. The summed E-state index contributed by atoms with van der Waals surface area (Å²) in [4.78, 5) is 26.1. The van der Waals surface area contributed by atoms with Crippen molar-refractivity contribution in [3.05, 3.63) is 60.8 Å². The molecule has 0 spiro atoms. The molecule has 3 atom stereocenters. The van der Waals surface area contributed by atoms with Crippen molar-refractivity contribution >= 4 is 11.9 Å². The predicted octanol–water partition coefficient (Wildman–Crippen LogP) is 16.0. The van der Waals surface area contributed by atoms with Crippen LogP contribution < -0.4 is 5.32 Å². The Labute approximate surface area is 384 Å². The van der Waals surface area contributed by atoms with E-state index in [1.54, 1.807) is 0 Å². The summed E-state index contributed by atoms with van der Waals surface area (Å²) in [5.74, 6) is -0.529. The molecule has 3 N–H and O–H groups in total. The molecule has 0 heterocycles. The van der Waals surface area contributed by atoms with Gasteiger partial charge in [-0.2, -0.15) is 0 Å². The Bertz CT molecular complexity index is 1110. The van der Waals surface area contributed by atoms with Crippen molar-refractivity contribution in [1.82, 2.24) is 5.32 Å². The van der Waals surface area contributed by atoms with Crippen LogP contribution in [0.1, 0.15) is 258 Å². The second kappa shape index (κ2) is 49.6. The molecular weight excluding hydrogens is 767 g/mol. The minimum Gasteiger partial charge on any atom is -0.462 e. The number of esters is 1. The van der Waals surface area contributed by atoms with E-state index in [2.05, 4.69) is 62.5 Å². The van der Waals surface area contributed by atoms with Crippen LogP contribution in [-0.2, 0) is 14.3 Å². The molecule has 0 radical (unpaired) electrons. The zero-order valence-electron chi connectivity index (χ0n) is 41.0. The first kappa shape index (κ1) is 59.6. The van der Waals surface area contributed by atoms with Gasteiger partial charge in [0, 0.05) is 6.42 Å². The maximum Gasteiger partial charge on any atom is 0.306 e. The quantitative estimate of drug-likeness (QED) is 0.0245. The summed E-state index contributed by atoms with van der Waals surface area (Å²) < 4.78 is 5.91. The molecule has 1 amide bonds. The van der Waals surface area contributed by atoms with Crippen LogP contribution in [0.2, 0.25) is 0 Å². The SMILES string of the molecule is CC/C=C/C=C/C=C/C=C\CCCCCC(CC(=O)NC(CO)C(O)CCCCCCCCCCCCCCCCCC)OC(=O)CCCCC/C=C\CCCCCCCCC. The normalized spacial score (nSPS) is 13.7. The Morgan fingerprint density at radius 1 is 0.484 bits per heavy atom. The van der Waals surface area contributed by atoms with E-state index in [1.165, 1.54) is 128 Å². The van der Waals surface area contributed by atoms with Crippen LogP contribution in [0.25, 0.3) is 0 Å².